The van der Waals surface area contributed by atoms with Crippen LogP contribution in [0.3, 0.4) is 0 Å². The third-order valence-corrected chi connectivity index (χ3v) is 4.28. The van der Waals surface area contributed by atoms with Gasteiger partial charge in [0.05, 0.1) is 6.33 Å². The van der Waals surface area contributed by atoms with Gasteiger partial charge in [-0.25, -0.2) is 13.8 Å². The van der Waals surface area contributed by atoms with Crippen LogP contribution in [0.1, 0.15) is 18.4 Å². The Morgan fingerprint density at radius 2 is 1.83 bits per heavy atom. The molecule has 0 amide bonds. The lowest BCUT2D eigenvalue weighted by molar-refractivity contribution is 0.166. The van der Waals surface area contributed by atoms with Crippen LogP contribution in [0.15, 0.2) is 41.6 Å². The van der Waals surface area contributed by atoms with Crippen molar-refractivity contribution in [2.45, 2.75) is 25.9 Å². The fourth-order valence-corrected chi connectivity index (χ4v) is 3.08. The number of nitrogens with zero attached hydrogens (tertiary/aromatic N) is 3. The summed E-state index contributed by atoms with van der Waals surface area (Å²) in [5.74, 6) is -0.644. The van der Waals surface area contributed by atoms with E-state index in [1.807, 2.05) is 0 Å². The van der Waals surface area contributed by atoms with Crippen LogP contribution in [0.5, 0.6) is 0 Å². The largest absolute Gasteiger partial charge is 0.299 e. The molecule has 1 aliphatic heterocycles. The second-order valence-corrected chi connectivity index (χ2v) is 6.07. The highest BCUT2D eigenvalue weighted by Gasteiger charge is 2.20. The molecule has 0 spiro atoms. The SMILES string of the molecule is O=c1ccncn1CC1CCN(Cc2cc(F)cc(F)c2)CC1. The highest BCUT2D eigenvalue weighted by Crippen LogP contribution is 2.20. The summed E-state index contributed by atoms with van der Waals surface area (Å²) in [4.78, 5) is 17.9. The zero-order valence-corrected chi connectivity index (χ0v) is 12.8. The van der Waals surface area contributed by atoms with E-state index in [-0.39, 0.29) is 5.56 Å². The molecule has 0 saturated carbocycles. The normalized spacial score (nSPS) is 16.6. The van der Waals surface area contributed by atoms with Gasteiger partial charge in [-0.1, -0.05) is 0 Å². The molecule has 1 aromatic carbocycles. The van der Waals surface area contributed by atoms with Crippen molar-refractivity contribution in [2.75, 3.05) is 13.1 Å². The molecule has 1 aliphatic rings. The molecule has 2 aromatic rings. The van der Waals surface area contributed by atoms with Gasteiger partial charge in [0.15, 0.2) is 0 Å². The molecule has 0 atom stereocenters. The first-order valence-corrected chi connectivity index (χ1v) is 7.78. The summed E-state index contributed by atoms with van der Waals surface area (Å²) in [5, 5.41) is 0. The van der Waals surface area contributed by atoms with Crippen LogP contribution in [0, 0.1) is 17.6 Å². The average molecular weight is 319 g/mol. The number of hydrogen-bond acceptors (Lipinski definition) is 3. The summed E-state index contributed by atoms with van der Waals surface area (Å²) in [6.07, 6.45) is 4.99. The molecule has 23 heavy (non-hydrogen) atoms. The van der Waals surface area contributed by atoms with Crippen LogP contribution < -0.4 is 5.56 Å². The topological polar surface area (TPSA) is 38.1 Å². The van der Waals surface area contributed by atoms with E-state index >= 15 is 0 Å². The molecular formula is C17H19F2N3O. The lowest BCUT2D eigenvalue weighted by atomic mass is 9.96. The molecular weight excluding hydrogens is 300 g/mol. The number of benzene rings is 1. The Morgan fingerprint density at radius 1 is 1.13 bits per heavy atom. The van der Waals surface area contributed by atoms with E-state index in [0.29, 0.717) is 24.6 Å². The predicted molar refractivity (Wildman–Crippen MR) is 82.9 cm³/mol. The standard InChI is InChI=1S/C17H19F2N3O/c18-15-7-14(8-16(19)9-15)10-21-5-2-13(3-6-21)11-22-12-20-4-1-17(22)23/h1,4,7-9,12-13H,2-3,5-6,10-11H2. The smallest absolute Gasteiger partial charge is 0.253 e. The molecule has 0 unspecified atom stereocenters. The Kier molecular flexibility index (Phi) is 4.81. The van der Waals surface area contributed by atoms with Gasteiger partial charge in [-0.05, 0) is 49.5 Å². The minimum absolute atomic E-state index is 0.0299. The van der Waals surface area contributed by atoms with Gasteiger partial charge in [0.2, 0.25) is 0 Å². The minimum atomic E-state index is -0.536. The summed E-state index contributed by atoms with van der Waals surface area (Å²) in [7, 11) is 0. The second-order valence-electron chi connectivity index (χ2n) is 6.07. The lowest BCUT2D eigenvalue weighted by Crippen LogP contribution is -2.35. The van der Waals surface area contributed by atoms with E-state index in [1.54, 1.807) is 10.9 Å². The molecule has 1 aromatic heterocycles. The first kappa shape index (κ1) is 15.8. The summed E-state index contributed by atoms with van der Waals surface area (Å²) < 4.78 is 28.1. The number of rotatable bonds is 4. The molecule has 0 bridgehead atoms. The molecule has 2 heterocycles. The lowest BCUT2D eigenvalue weighted by Gasteiger charge is -2.32. The van der Waals surface area contributed by atoms with E-state index in [9.17, 15) is 13.6 Å². The number of likely N-dealkylation sites (tertiary alicyclic amines) is 1. The second kappa shape index (κ2) is 7.00. The van der Waals surface area contributed by atoms with Gasteiger partial charge in [0.25, 0.3) is 5.56 Å². The van der Waals surface area contributed by atoms with Crippen molar-refractivity contribution >= 4 is 0 Å². The van der Waals surface area contributed by atoms with E-state index in [1.165, 1.54) is 24.4 Å². The molecule has 122 valence electrons. The first-order valence-electron chi connectivity index (χ1n) is 7.78. The number of hydrogen-bond donors (Lipinski definition) is 0. The fourth-order valence-electron chi connectivity index (χ4n) is 3.08. The van der Waals surface area contributed by atoms with Gasteiger partial charge in [-0.15, -0.1) is 0 Å². The van der Waals surface area contributed by atoms with E-state index in [0.717, 1.165) is 32.0 Å². The molecule has 4 nitrogen and oxygen atoms in total. The Hall–Kier alpha value is -2.08. The fraction of sp³-hybridized carbons (Fsp3) is 0.412. The van der Waals surface area contributed by atoms with Gasteiger partial charge in [-0.2, -0.15) is 0 Å². The summed E-state index contributed by atoms with van der Waals surface area (Å²) in [6.45, 7) is 2.94. The highest BCUT2D eigenvalue weighted by molar-refractivity contribution is 5.17. The molecule has 1 saturated heterocycles. The Morgan fingerprint density at radius 3 is 2.48 bits per heavy atom. The minimum Gasteiger partial charge on any atom is -0.299 e. The van der Waals surface area contributed by atoms with Crippen molar-refractivity contribution in [2.24, 2.45) is 5.92 Å². The first-order chi connectivity index (χ1) is 11.1. The molecule has 6 heteroatoms. The van der Waals surface area contributed by atoms with E-state index in [4.69, 9.17) is 0 Å². The van der Waals surface area contributed by atoms with Gasteiger partial charge in [-0.3, -0.25) is 14.3 Å². The summed E-state index contributed by atoms with van der Waals surface area (Å²) in [6, 6.07) is 5.11. The third kappa shape index (κ3) is 4.22. The Labute approximate surface area is 133 Å². The maximum atomic E-state index is 13.2. The zero-order valence-electron chi connectivity index (χ0n) is 12.8. The van der Waals surface area contributed by atoms with E-state index in [2.05, 4.69) is 9.88 Å². The zero-order chi connectivity index (χ0) is 16.2. The number of halogens is 2. The van der Waals surface area contributed by atoms with Crippen molar-refractivity contribution < 1.29 is 8.78 Å². The van der Waals surface area contributed by atoms with Crippen LogP contribution in [0.2, 0.25) is 0 Å². The van der Waals surface area contributed by atoms with Crippen molar-refractivity contribution in [1.82, 2.24) is 14.5 Å². The molecule has 0 aliphatic carbocycles. The van der Waals surface area contributed by atoms with Crippen LogP contribution in [-0.2, 0) is 13.1 Å². The van der Waals surface area contributed by atoms with Crippen LogP contribution in [-0.4, -0.2) is 27.5 Å². The van der Waals surface area contributed by atoms with Crippen molar-refractivity contribution in [1.29, 1.82) is 0 Å². The maximum absolute atomic E-state index is 13.2. The predicted octanol–water partition coefficient (Wildman–Crippen LogP) is 2.43. The average Bonchev–Trinajstić information content (AvgIpc) is 2.50. The van der Waals surface area contributed by atoms with Gasteiger partial charge in [0.1, 0.15) is 11.6 Å². The van der Waals surface area contributed by atoms with Gasteiger partial charge in [0, 0.05) is 31.4 Å². The van der Waals surface area contributed by atoms with Crippen molar-refractivity contribution in [3.05, 3.63) is 64.3 Å². The third-order valence-electron chi connectivity index (χ3n) is 4.28. The summed E-state index contributed by atoms with van der Waals surface area (Å²) >= 11 is 0. The Balaban J connectivity index is 1.54. The number of piperidine rings is 1. The van der Waals surface area contributed by atoms with Crippen LogP contribution in [0.25, 0.3) is 0 Å². The monoisotopic (exact) mass is 319 g/mol. The van der Waals surface area contributed by atoms with Gasteiger partial charge < -0.3 is 0 Å². The van der Waals surface area contributed by atoms with Crippen LogP contribution in [0.4, 0.5) is 8.78 Å². The maximum Gasteiger partial charge on any atom is 0.253 e. The Bertz CT molecular complexity index is 704. The van der Waals surface area contributed by atoms with Crippen molar-refractivity contribution in [3.63, 3.8) is 0 Å². The highest BCUT2D eigenvalue weighted by atomic mass is 19.1. The molecule has 3 rings (SSSR count). The molecule has 0 radical (unpaired) electrons. The van der Waals surface area contributed by atoms with Crippen LogP contribution >= 0.6 is 0 Å². The number of aromatic nitrogens is 2. The quantitative estimate of drug-likeness (QED) is 0.869. The summed E-state index contributed by atoms with van der Waals surface area (Å²) in [5.41, 5.74) is 0.627. The van der Waals surface area contributed by atoms with E-state index < -0.39 is 11.6 Å². The molecule has 1 fully saturated rings. The molecule has 0 N–H and O–H groups in total. The van der Waals surface area contributed by atoms with Crippen molar-refractivity contribution in [3.8, 4) is 0 Å². The van der Waals surface area contributed by atoms with Gasteiger partial charge >= 0.3 is 0 Å².